The highest BCUT2D eigenvalue weighted by atomic mass is 35.5. The Bertz CT molecular complexity index is 555. The summed E-state index contributed by atoms with van der Waals surface area (Å²) in [6, 6.07) is 6.15. The van der Waals surface area contributed by atoms with Gasteiger partial charge in [-0.15, -0.1) is 0 Å². The van der Waals surface area contributed by atoms with Crippen LogP contribution >= 0.6 is 11.6 Å². The molecule has 0 fully saturated rings. The van der Waals surface area contributed by atoms with Crippen LogP contribution in [-0.4, -0.2) is 10.9 Å². The van der Waals surface area contributed by atoms with Gasteiger partial charge in [-0.25, -0.2) is 0 Å². The lowest BCUT2D eigenvalue weighted by Gasteiger charge is -2.05. The lowest BCUT2D eigenvalue weighted by molar-refractivity contribution is 0.112. The minimum absolute atomic E-state index is 0.447. The van der Waals surface area contributed by atoms with Gasteiger partial charge in [0.1, 0.15) is 5.15 Å². The number of nitrogens with zero attached hydrogens (tertiary/aromatic N) is 1. The van der Waals surface area contributed by atoms with E-state index < -0.39 is 0 Å². The van der Waals surface area contributed by atoms with Gasteiger partial charge in [0.2, 0.25) is 0 Å². The van der Waals surface area contributed by atoms with Gasteiger partial charge in [-0.1, -0.05) is 31.5 Å². The number of aldehydes is 1. The first-order chi connectivity index (χ1) is 7.56. The van der Waals surface area contributed by atoms with Crippen LogP contribution in [0.5, 0.6) is 0 Å². The smallest absolute Gasteiger partial charge is 0.153 e. The molecule has 1 aromatic carbocycles. The molecule has 0 unspecified atom stereocenters. The second kappa shape index (κ2) is 3.95. The Kier molecular flexibility index (Phi) is 2.76. The molecular weight excluding hydrogens is 222 g/mol. The van der Waals surface area contributed by atoms with E-state index >= 15 is 0 Å². The van der Waals surface area contributed by atoms with Crippen molar-refractivity contribution >= 4 is 28.8 Å². The number of hydrogen-bond donors (Lipinski definition) is 0. The highest BCUT2D eigenvalue weighted by Gasteiger charge is 2.13. The van der Waals surface area contributed by atoms with Gasteiger partial charge in [0.05, 0.1) is 5.56 Å². The van der Waals surface area contributed by atoms with Crippen LogP contribution in [0.4, 0.5) is 0 Å². The van der Waals surface area contributed by atoms with Crippen molar-refractivity contribution < 1.29 is 4.79 Å². The fourth-order valence-corrected chi connectivity index (χ4v) is 2.17. The summed E-state index contributed by atoms with van der Waals surface area (Å²) in [4.78, 5) is 11.0. The minimum Gasteiger partial charge on any atom is -0.334 e. The molecule has 2 nitrogen and oxygen atoms in total. The fourth-order valence-electron chi connectivity index (χ4n) is 1.93. The van der Waals surface area contributed by atoms with Crippen LogP contribution in [0.25, 0.3) is 10.9 Å². The Hall–Kier alpha value is -1.28. The number of carbonyl (C=O) groups is 1. The average Bonchev–Trinajstić information content (AvgIpc) is 2.51. The molecule has 0 spiro atoms. The molecule has 1 heterocycles. The molecule has 0 radical (unpaired) electrons. The molecule has 2 aromatic rings. The van der Waals surface area contributed by atoms with Crippen LogP contribution in [0.3, 0.4) is 0 Å². The second-order valence-corrected chi connectivity index (χ2v) is 4.67. The highest BCUT2D eigenvalue weighted by Crippen LogP contribution is 2.30. The van der Waals surface area contributed by atoms with Crippen LogP contribution in [0.1, 0.15) is 35.7 Å². The quantitative estimate of drug-likeness (QED) is 0.727. The third kappa shape index (κ3) is 1.54. The van der Waals surface area contributed by atoms with E-state index in [-0.39, 0.29) is 0 Å². The number of halogens is 1. The van der Waals surface area contributed by atoms with Gasteiger partial charge in [-0.2, -0.15) is 0 Å². The maximum Gasteiger partial charge on any atom is 0.153 e. The number of hydrogen-bond acceptors (Lipinski definition) is 1. The van der Waals surface area contributed by atoms with Gasteiger partial charge in [-0.05, 0) is 23.6 Å². The number of aromatic nitrogens is 1. The Balaban J connectivity index is 2.81. The molecule has 0 amide bonds. The van der Waals surface area contributed by atoms with Gasteiger partial charge >= 0.3 is 0 Å². The fraction of sp³-hybridized carbons (Fsp3) is 0.308. The van der Waals surface area contributed by atoms with Crippen molar-refractivity contribution in [2.75, 3.05) is 0 Å². The summed E-state index contributed by atoms with van der Waals surface area (Å²) >= 11 is 6.10. The second-order valence-electron chi connectivity index (χ2n) is 4.31. The van der Waals surface area contributed by atoms with Crippen LogP contribution in [0.15, 0.2) is 18.2 Å². The molecule has 0 bridgehead atoms. The van der Waals surface area contributed by atoms with Crippen LogP contribution in [-0.2, 0) is 7.05 Å². The lowest BCUT2D eigenvalue weighted by Crippen LogP contribution is -1.88. The summed E-state index contributed by atoms with van der Waals surface area (Å²) in [5.41, 5.74) is 2.80. The Morgan fingerprint density at radius 3 is 2.62 bits per heavy atom. The zero-order chi connectivity index (χ0) is 11.9. The minimum atomic E-state index is 0.447. The van der Waals surface area contributed by atoms with E-state index in [2.05, 4.69) is 26.0 Å². The van der Waals surface area contributed by atoms with E-state index in [0.29, 0.717) is 16.6 Å². The molecule has 1 aromatic heterocycles. The highest BCUT2D eigenvalue weighted by molar-refractivity contribution is 6.34. The molecule has 84 valence electrons. The predicted molar refractivity (Wildman–Crippen MR) is 67.4 cm³/mol. The molecule has 2 rings (SSSR count). The molecule has 0 saturated heterocycles. The zero-order valence-corrected chi connectivity index (χ0v) is 10.4. The number of aryl methyl sites for hydroxylation is 1. The first-order valence-corrected chi connectivity index (χ1v) is 5.67. The van der Waals surface area contributed by atoms with E-state index in [1.807, 2.05) is 17.7 Å². The molecule has 0 atom stereocenters. The van der Waals surface area contributed by atoms with Crippen molar-refractivity contribution in [3.05, 3.63) is 34.5 Å². The Labute approximate surface area is 99.8 Å². The molecule has 3 heteroatoms. The topological polar surface area (TPSA) is 22.0 Å². The maximum absolute atomic E-state index is 11.0. The molecule has 0 saturated carbocycles. The van der Waals surface area contributed by atoms with E-state index in [1.54, 1.807) is 0 Å². The van der Waals surface area contributed by atoms with Crippen molar-refractivity contribution in [3.63, 3.8) is 0 Å². The first-order valence-electron chi connectivity index (χ1n) is 5.29. The van der Waals surface area contributed by atoms with E-state index in [1.165, 1.54) is 5.56 Å². The third-order valence-electron chi connectivity index (χ3n) is 2.97. The average molecular weight is 236 g/mol. The van der Waals surface area contributed by atoms with Crippen molar-refractivity contribution in [1.29, 1.82) is 0 Å². The van der Waals surface area contributed by atoms with Gasteiger partial charge in [0.25, 0.3) is 0 Å². The number of benzene rings is 1. The van der Waals surface area contributed by atoms with Crippen molar-refractivity contribution in [2.24, 2.45) is 7.05 Å². The molecule has 0 aliphatic heterocycles. The molecule has 0 aliphatic carbocycles. The van der Waals surface area contributed by atoms with Crippen molar-refractivity contribution in [1.82, 2.24) is 4.57 Å². The normalized spacial score (nSPS) is 11.3. The SMILES string of the molecule is CC(C)c1ccc2c(c1)c(C=O)c(Cl)n2C. The van der Waals surface area contributed by atoms with Crippen molar-refractivity contribution in [3.8, 4) is 0 Å². The summed E-state index contributed by atoms with van der Waals surface area (Å²) in [5, 5.41) is 1.44. The molecule has 16 heavy (non-hydrogen) atoms. The predicted octanol–water partition coefficient (Wildman–Crippen LogP) is 3.77. The molecule has 0 N–H and O–H groups in total. The monoisotopic (exact) mass is 235 g/mol. The summed E-state index contributed by atoms with van der Waals surface area (Å²) in [7, 11) is 1.87. The largest absolute Gasteiger partial charge is 0.334 e. The third-order valence-corrected chi connectivity index (χ3v) is 3.43. The number of rotatable bonds is 2. The summed E-state index contributed by atoms with van der Waals surface area (Å²) in [6.45, 7) is 4.26. The number of carbonyl (C=O) groups excluding carboxylic acids is 1. The molecular formula is C13H14ClNO. The summed E-state index contributed by atoms with van der Waals surface area (Å²) in [6.07, 6.45) is 0.828. The van der Waals surface area contributed by atoms with E-state index in [0.717, 1.165) is 17.2 Å². The maximum atomic E-state index is 11.0. The van der Waals surface area contributed by atoms with Crippen LogP contribution < -0.4 is 0 Å². The van der Waals surface area contributed by atoms with Crippen LogP contribution in [0.2, 0.25) is 5.15 Å². The van der Waals surface area contributed by atoms with E-state index in [9.17, 15) is 4.79 Å². The Morgan fingerprint density at radius 2 is 2.06 bits per heavy atom. The van der Waals surface area contributed by atoms with Crippen molar-refractivity contribution in [2.45, 2.75) is 19.8 Å². The van der Waals surface area contributed by atoms with Crippen LogP contribution in [0, 0.1) is 0 Å². The number of fused-ring (bicyclic) bond motifs is 1. The van der Waals surface area contributed by atoms with Gasteiger partial charge in [0, 0.05) is 18.0 Å². The van der Waals surface area contributed by atoms with E-state index in [4.69, 9.17) is 11.6 Å². The standard InChI is InChI=1S/C13H14ClNO/c1-8(2)9-4-5-12-10(6-9)11(7-16)13(14)15(12)3/h4-8H,1-3H3. The first kappa shape index (κ1) is 11.2. The van der Waals surface area contributed by atoms with Gasteiger partial charge < -0.3 is 4.57 Å². The van der Waals surface area contributed by atoms with Gasteiger partial charge in [0.15, 0.2) is 6.29 Å². The molecule has 0 aliphatic rings. The lowest BCUT2D eigenvalue weighted by atomic mass is 10.0. The summed E-state index contributed by atoms with van der Waals surface area (Å²) < 4.78 is 1.84. The van der Waals surface area contributed by atoms with Gasteiger partial charge in [-0.3, -0.25) is 4.79 Å². The summed E-state index contributed by atoms with van der Waals surface area (Å²) in [5.74, 6) is 0.447. The Morgan fingerprint density at radius 1 is 1.38 bits per heavy atom. The zero-order valence-electron chi connectivity index (χ0n) is 9.62.